The molecule has 9 heteroatoms. The summed E-state index contributed by atoms with van der Waals surface area (Å²) in [5.74, 6) is 0. The lowest BCUT2D eigenvalue weighted by Gasteiger charge is -2.07. The molecule has 0 saturated heterocycles. The molecule has 0 unspecified atom stereocenters. The van der Waals surface area contributed by atoms with Crippen LogP contribution in [-0.4, -0.2) is 18.2 Å². The summed E-state index contributed by atoms with van der Waals surface area (Å²) in [6, 6.07) is 17.2. The molecule has 1 heterocycles. The number of nitrogens with zero attached hydrogens (tertiary/aromatic N) is 2. The first-order valence-electron chi connectivity index (χ1n) is 7.37. The fourth-order valence-electron chi connectivity index (χ4n) is 2.22. The number of para-hydroxylation sites is 1. The molecule has 2 N–H and O–H groups in total. The Morgan fingerprint density at radius 1 is 1.00 bits per heavy atom. The Labute approximate surface area is 150 Å². The minimum Gasteiger partial charge on any atom is -0.233 e. The van der Waals surface area contributed by atoms with Gasteiger partial charge in [-0.15, -0.1) is 0 Å². The van der Waals surface area contributed by atoms with E-state index >= 15 is 0 Å². The van der Waals surface area contributed by atoms with Gasteiger partial charge in [0.2, 0.25) is 0 Å². The number of hydrogen-bond acceptors (Lipinski definition) is 3. The van der Waals surface area contributed by atoms with Crippen molar-refractivity contribution in [1.82, 2.24) is 9.78 Å². The third-order valence-corrected chi connectivity index (χ3v) is 3.35. The van der Waals surface area contributed by atoms with Gasteiger partial charge in [-0.1, -0.05) is 48.0 Å². The molecule has 1 aromatic heterocycles. The number of hydrogen-bond donors (Lipinski definition) is 2. The van der Waals surface area contributed by atoms with Gasteiger partial charge in [-0.2, -0.15) is 18.3 Å². The van der Waals surface area contributed by atoms with Crippen molar-refractivity contribution in [1.29, 1.82) is 0 Å². The molecule has 3 aromatic rings. The van der Waals surface area contributed by atoms with E-state index in [0.29, 0.717) is 16.9 Å². The summed E-state index contributed by atoms with van der Waals surface area (Å²) < 4.78 is 58.0. The molecule has 0 radical (unpaired) electrons. The zero-order valence-corrected chi connectivity index (χ0v) is 14.5. The van der Waals surface area contributed by atoms with Crippen molar-refractivity contribution in [2.45, 2.75) is 13.1 Å². The van der Waals surface area contributed by atoms with Crippen LogP contribution < -0.4 is 5.14 Å². The molecule has 138 valence electrons. The second kappa shape index (κ2) is 8.15. The Morgan fingerprint density at radius 3 is 2.04 bits per heavy atom. The van der Waals surface area contributed by atoms with E-state index in [-0.39, 0.29) is 0 Å². The summed E-state index contributed by atoms with van der Waals surface area (Å²) in [7, 11) is -2.62. The van der Waals surface area contributed by atoms with Gasteiger partial charge in [0.15, 0.2) is 16.6 Å². The summed E-state index contributed by atoms with van der Waals surface area (Å²) in [6.45, 7) is 1.93. The molecule has 0 atom stereocenters. The smallest absolute Gasteiger partial charge is 0.233 e. The predicted molar refractivity (Wildman–Crippen MR) is 93.2 cm³/mol. The fraction of sp³-hybridized carbons (Fsp3) is 0.118. The summed E-state index contributed by atoms with van der Waals surface area (Å²) in [5.41, 5.74) is 1.85. The molecular formula is C17H16F3N3O2S. The van der Waals surface area contributed by atoms with Crippen LogP contribution in [-0.2, 0) is 17.1 Å². The summed E-state index contributed by atoms with van der Waals surface area (Å²) in [4.78, 5) is 0. The SMILES string of the molecule is Cc1ccc(-c2cc(C(F)(F)F)nn2-c2ccccc2)cc1.N[SH](=O)=O. The number of alkyl halides is 3. The molecule has 0 saturated carbocycles. The second-order valence-electron chi connectivity index (χ2n) is 5.31. The van der Waals surface area contributed by atoms with Crippen molar-refractivity contribution >= 4 is 10.9 Å². The van der Waals surface area contributed by atoms with Crippen LogP contribution in [0.3, 0.4) is 0 Å². The Bertz CT molecular complexity index is 926. The van der Waals surface area contributed by atoms with Gasteiger partial charge in [0.1, 0.15) is 0 Å². The first kappa shape index (κ1) is 19.7. The quantitative estimate of drug-likeness (QED) is 0.667. The molecule has 0 aliphatic heterocycles. The van der Waals surface area contributed by atoms with E-state index in [1.807, 2.05) is 25.1 Å². The highest BCUT2D eigenvalue weighted by Crippen LogP contribution is 2.33. The maximum atomic E-state index is 13.0. The lowest BCUT2D eigenvalue weighted by Crippen LogP contribution is -2.07. The van der Waals surface area contributed by atoms with E-state index < -0.39 is 22.8 Å². The van der Waals surface area contributed by atoms with Crippen LogP contribution in [0, 0.1) is 6.92 Å². The summed E-state index contributed by atoms with van der Waals surface area (Å²) in [5, 5.41) is 7.81. The number of nitrogens with two attached hydrogens (primary N) is 1. The minimum atomic E-state index is -4.47. The number of benzene rings is 2. The lowest BCUT2D eigenvalue weighted by molar-refractivity contribution is -0.141. The molecule has 2 aromatic carbocycles. The maximum Gasteiger partial charge on any atom is 0.435 e. The van der Waals surface area contributed by atoms with E-state index in [1.165, 1.54) is 4.68 Å². The number of rotatable bonds is 2. The van der Waals surface area contributed by atoms with Crippen LogP contribution in [0.5, 0.6) is 0 Å². The highest BCUT2D eigenvalue weighted by atomic mass is 32.2. The van der Waals surface area contributed by atoms with E-state index in [4.69, 9.17) is 8.42 Å². The zero-order valence-electron chi connectivity index (χ0n) is 13.6. The lowest BCUT2D eigenvalue weighted by atomic mass is 10.1. The molecule has 0 aliphatic carbocycles. The maximum absolute atomic E-state index is 13.0. The fourth-order valence-corrected chi connectivity index (χ4v) is 2.22. The average Bonchev–Trinajstić information content (AvgIpc) is 3.01. The van der Waals surface area contributed by atoms with Gasteiger partial charge in [-0.05, 0) is 25.1 Å². The van der Waals surface area contributed by atoms with Crippen LogP contribution in [0.15, 0.2) is 60.7 Å². The predicted octanol–water partition coefficient (Wildman–Crippen LogP) is 3.34. The van der Waals surface area contributed by atoms with E-state index in [9.17, 15) is 13.2 Å². The molecular weight excluding hydrogens is 367 g/mol. The molecule has 3 rings (SSSR count). The Hall–Kier alpha value is -2.65. The molecule has 0 amide bonds. The van der Waals surface area contributed by atoms with E-state index in [2.05, 4.69) is 10.2 Å². The van der Waals surface area contributed by atoms with Crippen molar-refractivity contribution in [2.75, 3.05) is 0 Å². The highest BCUT2D eigenvalue weighted by molar-refractivity contribution is 7.69. The van der Waals surface area contributed by atoms with Crippen molar-refractivity contribution in [2.24, 2.45) is 5.14 Å². The van der Waals surface area contributed by atoms with Gasteiger partial charge in [-0.25, -0.2) is 18.2 Å². The van der Waals surface area contributed by atoms with Gasteiger partial charge in [0.25, 0.3) is 0 Å². The van der Waals surface area contributed by atoms with Crippen molar-refractivity contribution in [3.63, 3.8) is 0 Å². The molecule has 0 spiro atoms. The largest absolute Gasteiger partial charge is 0.435 e. The highest BCUT2D eigenvalue weighted by Gasteiger charge is 2.35. The number of thiol groups is 1. The first-order valence-corrected chi connectivity index (χ1v) is 8.62. The van der Waals surface area contributed by atoms with Crippen LogP contribution in [0.2, 0.25) is 0 Å². The first-order chi connectivity index (χ1) is 12.2. The van der Waals surface area contributed by atoms with Gasteiger partial charge < -0.3 is 0 Å². The van der Waals surface area contributed by atoms with Gasteiger partial charge in [0.05, 0.1) is 11.4 Å². The third-order valence-electron chi connectivity index (χ3n) is 3.35. The Morgan fingerprint density at radius 2 is 1.54 bits per heavy atom. The summed E-state index contributed by atoms with van der Waals surface area (Å²) >= 11 is 0. The molecule has 0 bridgehead atoms. The second-order valence-corrected chi connectivity index (χ2v) is 5.88. The monoisotopic (exact) mass is 383 g/mol. The number of halogens is 3. The third kappa shape index (κ3) is 5.17. The number of aryl methyl sites for hydroxylation is 1. The number of aromatic nitrogens is 2. The van der Waals surface area contributed by atoms with E-state index in [1.54, 1.807) is 36.4 Å². The molecule has 26 heavy (non-hydrogen) atoms. The van der Waals surface area contributed by atoms with Gasteiger partial charge >= 0.3 is 6.18 Å². The summed E-state index contributed by atoms with van der Waals surface area (Å²) in [6.07, 6.45) is -4.47. The van der Waals surface area contributed by atoms with Crippen LogP contribution in [0.4, 0.5) is 13.2 Å². The topological polar surface area (TPSA) is 78.0 Å². The Balaban J connectivity index is 0.000000552. The van der Waals surface area contributed by atoms with Crippen LogP contribution in [0.1, 0.15) is 11.3 Å². The standard InChI is InChI=1S/C17H13F3N2.H3NO2S/c1-12-7-9-13(10-8-12)15-11-16(17(18,19)20)21-22(15)14-5-3-2-4-6-14;1-4(2)3/h2-11H,1H3;4H,(H2,1,2,3). The Kier molecular flexibility index (Phi) is 6.17. The molecule has 5 nitrogen and oxygen atoms in total. The normalized spacial score (nSPS) is 11.2. The van der Waals surface area contributed by atoms with Crippen molar-refractivity contribution in [3.05, 3.63) is 71.9 Å². The minimum absolute atomic E-state index is 0.415. The van der Waals surface area contributed by atoms with Crippen molar-refractivity contribution < 1.29 is 21.6 Å². The van der Waals surface area contributed by atoms with Crippen LogP contribution in [0.25, 0.3) is 16.9 Å². The molecule has 0 fully saturated rings. The molecule has 0 aliphatic rings. The zero-order chi connectivity index (χ0) is 19.3. The van der Waals surface area contributed by atoms with Crippen molar-refractivity contribution in [3.8, 4) is 16.9 Å². The van der Waals surface area contributed by atoms with Crippen LogP contribution >= 0.6 is 0 Å². The van der Waals surface area contributed by atoms with Gasteiger partial charge in [0, 0.05) is 5.56 Å². The average molecular weight is 383 g/mol. The van der Waals surface area contributed by atoms with E-state index in [0.717, 1.165) is 11.6 Å². The van der Waals surface area contributed by atoms with Gasteiger partial charge in [-0.3, -0.25) is 0 Å².